The number of thiazole rings is 1. The number of Topliss-reactive ketones (excluding diaryl/α,β-unsaturated/α-hetero) is 1. The van der Waals surface area contributed by atoms with E-state index in [1.54, 1.807) is 13.0 Å². The van der Waals surface area contributed by atoms with E-state index >= 15 is 0 Å². The Balaban J connectivity index is 1.91. The molecule has 5 heteroatoms. The summed E-state index contributed by atoms with van der Waals surface area (Å²) in [5.74, 6) is -0.208. The second-order valence-corrected chi connectivity index (χ2v) is 7.05. The van der Waals surface area contributed by atoms with Crippen LogP contribution in [0.4, 0.5) is 0 Å². The van der Waals surface area contributed by atoms with E-state index in [1.165, 1.54) is 11.3 Å². The zero-order valence-corrected chi connectivity index (χ0v) is 15.2. The van der Waals surface area contributed by atoms with Crippen LogP contribution in [0, 0.1) is 5.92 Å². The molecule has 2 aromatic carbocycles. The first kappa shape index (κ1) is 17.3. The molecule has 1 aromatic heterocycles. The highest BCUT2D eigenvalue weighted by molar-refractivity contribution is 7.21. The summed E-state index contributed by atoms with van der Waals surface area (Å²) in [5, 5.41) is 0.861. The van der Waals surface area contributed by atoms with Gasteiger partial charge in [-0.1, -0.05) is 38.1 Å². The molecule has 0 fully saturated rings. The van der Waals surface area contributed by atoms with Crippen LogP contribution < -0.4 is 0 Å². The number of aromatic nitrogens is 1. The van der Waals surface area contributed by atoms with Crippen molar-refractivity contribution in [2.75, 3.05) is 6.61 Å². The van der Waals surface area contributed by atoms with Gasteiger partial charge >= 0.3 is 5.97 Å². The number of benzene rings is 2. The Labute approximate surface area is 150 Å². The zero-order chi connectivity index (χ0) is 18.0. The van der Waals surface area contributed by atoms with Gasteiger partial charge in [0, 0.05) is 17.0 Å². The normalized spacial score (nSPS) is 11.0. The van der Waals surface area contributed by atoms with Gasteiger partial charge in [-0.2, -0.15) is 0 Å². The van der Waals surface area contributed by atoms with Crippen LogP contribution in [0.25, 0.3) is 20.8 Å². The Morgan fingerprint density at radius 3 is 2.40 bits per heavy atom. The molecule has 1 heterocycles. The standard InChI is InChI=1S/C20H19NO3S/c1-4-24-20(23)15-9-10-16-17(11-15)25-19(21-16)14-7-5-13(6-8-14)18(22)12(2)3/h5-12H,4H2,1-3H3. The van der Waals surface area contributed by atoms with Gasteiger partial charge in [-0.15, -0.1) is 11.3 Å². The van der Waals surface area contributed by atoms with Gasteiger partial charge in [-0.25, -0.2) is 9.78 Å². The minimum atomic E-state index is -0.323. The van der Waals surface area contributed by atoms with Gasteiger partial charge in [-0.3, -0.25) is 4.79 Å². The number of hydrogen-bond donors (Lipinski definition) is 0. The van der Waals surface area contributed by atoms with Gasteiger partial charge in [0.05, 0.1) is 22.4 Å². The van der Waals surface area contributed by atoms with Crippen molar-refractivity contribution in [2.45, 2.75) is 20.8 Å². The van der Waals surface area contributed by atoms with Crippen molar-refractivity contribution in [1.29, 1.82) is 0 Å². The molecule has 128 valence electrons. The van der Waals surface area contributed by atoms with Crippen LogP contribution in [0.1, 0.15) is 41.5 Å². The van der Waals surface area contributed by atoms with Crippen LogP contribution in [0.15, 0.2) is 42.5 Å². The Hall–Kier alpha value is -2.53. The molecule has 0 radical (unpaired) electrons. The van der Waals surface area contributed by atoms with E-state index in [0.717, 1.165) is 20.8 Å². The van der Waals surface area contributed by atoms with Crippen LogP contribution in [0.2, 0.25) is 0 Å². The fourth-order valence-electron chi connectivity index (χ4n) is 2.50. The quantitative estimate of drug-likeness (QED) is 0.479. The highest BCUT2D eigenvalue weighted by atomic mass is 32.1. The monoisotopic (exact) mass is 353 g/mol. The number of nitrogens with zero attached hydrogens (tertiary/aromatic N) is 1. The molecule has 25 heavy (non-hydrogen) atoms. The molecule has 0 atom stereocenters. The number of ketones is 1. The van der Waals surface area contributed by atoms with Crippen LogP contribution in [-0.4, -0.2) is 23.3 Å². The molecule has 0 bridgehead atoms. The van der Waals surface area contributed by atoms with Gasteiger partial charge in [-0.05, 0) is 25.1 Å². The smallest absolute Gasteiger partial charge is 0.338 e. The summed E-state index contributed by atoms with van der Waals surface area (Å²) in [6, 6.07) is 12.9. The van der Waals surface area contributed by atoms with Crippen LogP contribution in [0.5, 0.6) is 0 Å². The summed E-state index contributed by atoms with van der Waals surface area (Å²) < 4.78 is 5.97. The predicted octanol–water partition coefficient (Wildman–Crippen LogP) is 4.98. The molecule has 0 spiro atoms. The highest BCUT2D eigenvalue weighted by Crippen LogP contribution is 2.31. The summed E-state index contributed by atoms with van der Waals surface area (Å²) in [4.78, 5) is 28.5. The molecule has 0 N–H and O–H groups in total. The van der Waals surface area contributed by atoms with Gasteiger partial charge in [0.15, 0.2) is 5.78 Å². The second-order valence-electron chi connectivity index (χ2n) is 6.02. The predicted molar refractivity (Wildman–Crippen MR) is 100 cm³/mol. The fourth-order valence-corrected chi connectivity index (χ4v) is 3.51. The summed E-state index contributed by atoms with van der Waals surface area (Å²) >= 11 is 1.52. The maximum Gasteiger partial charge on any atom is 0.338 e. The molecule has 0 saturated heterocycles. The third-order valence-corrected chi connectivity index (χ3v) is 4.91. The average Bonchev–Trinajstić information content (AvgIpc) is 3.04. The maximum absolute atomic E-state index is 12.0. The number of esters is 1. The Bertz CT molecular complexity index is 926. The number of fused-ring (bicyclic) bond motifs is 1. The number of carbonyl (C=O) groups excluding carboxylic acids is 2. The van der Waals surface area contributed by atoms with Crippen molar-refractivity contribution in [3.8, 4) is 10.6 Å². The number of hydrogen-bond acceptors (Lipinski definition) is 5. The van der Waals surface area contributed by atoms with Gasteiger partial charge in [0.1, 0.15) is 5.01 Å². The van der Waals surface area contributed by atoms with Crippen LogP contribution >= 0.6 is 11.3 Å². The molecular weight excluding hydrogens is 334 g/mol. The zero-order valence-electron chi connectivity index (χ0n) is 14.4. The number of ether oxygens (including phenoxy) is 1. The lowest BCUT2D eigenvalue weighted by Gasteiger charge is -2.04. The first-order valence-electron chi connectivity index (χ1n) is 8.22. The summed E-state index contributed by atoms with van der Waals surface area (Å²) in [5.41, 5.74) is 3.04. The number of rotatable bonds is 5. The lowest BCUT2D eigenvalue weighted by Crippen LogP contribution is -2.06. The Kier molecular flexibility index (Phi) is 4.95. The van der Waals surface area contributed by atoms with E-state index in [9.17, 15) is 9.59 Å². The van der Waals surface area contributed by atoms with Crippen molar-refractivity contribution in [3.05, 3.63) is 53.6 Å². The van der Waals surface area contributed by atoms with E-state index in [1.807, 2.05) is 50.2 Å². The van der Waals surface area contributed by atoms with Gasteiger partial charge in [0.2, 0.25) is 0 Å². The lowest BCUT2D eigenvalue weighted by molar-refractivity contribution is 0.0526. The molecule has 0 amide bonds. The Morgan fingerprint density at radius 2 is 1.76 bits per heavy atom. The molecular formula is C20H19NO3S. The van der Waals surface area contributed by atoms with Crippen molar-refractivity contribution in [3.63, 3.8) is 0 Å². The van der Waals surface area contributed by atoms with Gasteiger partial charge < -0.3 is 4.74 Å². The van der Waals surface area contributed by atoms with Crippen molar-refractivity contribution >= 4 is 33.3 Å². The van der Waals surface area contributed by atoms with E-state index in [0.29, 0.717) is 17.7 Å². The minimum absolute atomic E-state index is 0.0189. The molecule has 3 aromatic rings. The summed E-state index contributed by atoms with van der Waals surface area (Å²) in [6.45, 7) is 5.93. The van der Waals surface area contributed by atoms with Crippen LogP contribution in [0.3, 0.4) is 0 Å². The van der Waals surface area contributed by atoms with Crippen LogP contribution in [-0.2, 0) is 4.74 Å². The maximum atomic E-state index is 12.0. The molecule has 4 nitrogen and oxygen atoms in total. The van der Waals surface area contributed by atoms with Gasteiger partial charge in [0.25, 0.3) is 0 Å². The third kappa shape index (κ3) is 3.61. The van der Waals surface area contributed by atoms with E-state index < -0.39 is 0 Å². The second kappa shape index (κ2) is 7.15. The molecule has 3 rings (SSSR count). The largest absolute Gasteiger partial charge is 0.462 e. The molecule has 0 aliphatic carbocycles. The third-order valence-electron chi connectivity index (χ3n) is 3.84. The van der Waals surface area contributed by atoms with Crippen molar-refractivity contribution in [1.82, 2.24) is 4.98 Å². The summed E-state index contributed by atoms with van der Waals surface area (Å²) in [6.07, 6.45) is 0. The van der Waals surface area contributed by atoms with E-state index in [-0.39, 0.29) is 17.7 Å². The van der Waals surface area contributed by atoms with Crippen molar-refractivity contribution in [2.24, 2.45) is 5.92 Å². The van der Waals surface area contributed by atoms with E-state index in [2.05, 4.69) is 4.98 Å². The molecule has 0 aliphatic heterocycles. The summed E-state index contributed by atoms with van der Waals surface area (Å²) in [7, 11) is 0. The lowest BCUT2D eigenvalue weighted by atomic mass is 10.0. The topological polar surface area (TPSA) is 56.3 Å². The highest BCUT2D eigenvalue weighted by Gasteiger charge is 2.13. The first-order valence-corrected chi connectivity index (χ1v) is 9.03. The first-order chi connectivity index (χ1) is 12.0. The Morgan fingerprint density at radius 1 is 1.08 bits per heavy atom. The SMILES string of the molecule is CCOC(=O)c1ccc2nc(-c3ccc(C(=O)C(C)C)cc3)sc2c1. The average molecular weight is 353 g/mol. The number of carbonyl (C=O) groups is 2. The minimum Gasteiger partial charge on any atom is -0.462 e. The fraction of sp³-hybridized carbons (Fsp3) is 0.250. The molecule has 0 unspecified atom stereocenters. The molecule has 0 saturated carbocycles. The van der Waals surface area contributed by atoms with Crippen molar-refractivity contribution < 1.29 is 14.3 Å². The molecule has 0 aliphatic rings. The van der Waals surface area contributed by atoms with E-state index in [4.69, 9.17) is 4.74 Å².